The van der Waals surface area contributed by atoms with Crippen LogP contribution in [-0.2, 0) is 9.53 Å². The van der Waals surface area contributed by atoms with E-state index in [0.717, 1.165) is 51.4 Å². The van der Waals surface area contributed by atoms with Gasteiger partial charge in [0.15, 0.2) is 0 Å². The van der Waals surface area contributed by atoms with Crippen molar-refractivity contribution in [2.45, 2.75) is 168 Å². The Morgan fingerprint density at radius 1 is 0.667 bits per heavy atom. The van der Waals surface area contributed by atoms with Crippen molar-refractivity contribution in [3.8, 4) is 0 Å². The summed E-state index contributed by atoms with van der Waals surface area (Å²) in [5.74, 6) is -0.00388. The smallest absolute Gasteiger partial charge is 0.305 e. The molecule has 0 aromatic heterocycles. The number of aliphatic hydroxyl groups is 1. The number of carbonyl (C=O) groups is 1. The molecule has 0 amide bonds. The van der Waals surface area contributed by atoms with Crippen LogP contribution in [0.3, 0.4) is 0 Å². The van der Waals surface area contributed by atoms with Crippen LogP contribution in [0.4, 0.5) is 0 Å². The summed E-state index contributed by atoms with van der Waals surface area (Å²) < 4.78 is 5.37. The first kappa shape index (κ1) is 32.2. The van der Waals surface area contributed by atoms with Crippen LogP contribution in [0.15, 0.2) is 12.2 Å². The molecule has 0 fully saturated rings. The number of carbonyl (C=O) groups excluding carboxylic acids is 1. The van der Waals surface area contributed by atoms with E-state index in [9.17, 15) is 9.90 Å². The summed E-state index contributed by atoms with van der Waals surface area (Å²) in [6, 6.07) is 0. The maximum absolute atomic E-state index is 11.8. The lowest BCUT2D eigenvalue weighted by Gasteiger charge is -2.07. The molecule has 0 rings (SSSR count). The van der Waals surface area contributed by atoms with Gasteiger partial charge in [-0.3, -0.25) is 4.79 Å². The van der Waals surface area contributed by atoms with Crippen LogP contribution in [0.5, 0.6) is 0 Å². The van der Waals surface area contributed by atoms with E-state index in [4.69, 9.17) is 4.74 Å². The first-order valence-electron chi connectivity index (χ1n) is 14.7. The number of esters is 1. The maximum atomic E-state index is 11.8. The summed E-state index contributed by atoms with van der Waals surface area (Å²) in [4.78, 5) is 11.8. The minimum atomic E-state index is -0.155. The number of allylic oxidation sites excluding steroid dienone is 1. The van der Waals surface area contributed by atoms with Gasteiger partial charge in [0.2, 0.25) is 0 Å². The Hall–Kier alpha value is -0.830. The van der Waals surface area contributed by atoms with E-state index in [1.807, 2.05) is 0 Å². The number of aliphatic hydroxyl groups excluding tert-OH is 1. The number of hydrogen-bond acceptors (Lipinski definition) is 3. The zero-order valence-electron chi connectivity index (χ0n) is 22.5. The molecule has 0 radical (unpaired) electrons. The largest absolute Gasteiger partial charge is 0.466 e. The Kier molecular flexibility index (Phi) is 26.7. The Balaban J connectivity index is 3.27. The topological polar surface area (TPSA) is 46.5 Å². The summed E-state index contributed by atoms with van der Waals surface area (Å²) in [5.41, 5.74) is 0. The highest BCUT2D eigenvalue weighted by Gasteiger charge is 2.03. The van der Waals surface area contributed by atoms with Crippen molar-refractivity contribution in [3.63, 3.8) is 0 Å². The predicted octanol–water partition coefficient (Wildman–Crippen LogP) is 9.46. The highest BCUT2D eigenvalue weighted by atomic mass is 16.5. The Labute approximate surface area is 207 Å². The van der Waals surface area contributed by atoms with Gasteiger partial charge in [-0.25, -0.2) is 0 Å². The van der Waals surface area contributed by atoms with E-state index in [0.29, 0.717) is 13.0 Å². The van der Waals surface area contributed by atoms with Gasteiger partial charge >= 0.3 is 5.97 Å². The second-order valence-electron chi connectivity index (χ2n) is 9.92. The van der Waals surface area contributed by atoms with Crippen molar-refractivity contribution in [3.05, 3.63) is 12.2 Å². The van der Waals surface area contributed by atoms with Crippen LogP contribution in [0.25, 0.3) is 0 Å². The highest BCUT2D eigenvalue weighted by Crippen LogP contribution is 2.12. The molecule has 0 aromatic carbocycles. The van der Waals surface area contributed by atoms with Crippen molar-refractivity contribution < 1.29 is 14.6 Å². The average molecular weight is 467 g/mol. The molecular formula is C30H58O3. The lowest BCUT2D eigenvalue weighted by atomic mass is 10.1. The van der Waals surface area contributed by atoms with Gasteiger partial charge in [-0.1, -0.05) is 129 Å². The van der Waals surface area contributed by atoms with Crippen molar-refractivity contribution in [2.24, 2.45) is 0 Å². The summed E-state index contributed by atoms with van der Waals surface area (Å²) in [6.45, 7) is 5.07. The molecule has 0 aromatic rings. The van der Waals surface area contributed by atoms with Gasteiger partial charge in [-0.15, -0.1) is 0 Å². The second kappa shape index (κ2) is 27.4. The molecule has 0 heterocycles. The third-order valence-corrected chi connectivity index (χ3v) is 6.48. The fourth-order valence-corrected chi connectivity index (χ4v) is 4.21. The molecule has 0 unspecified atom stereocenters. The van der Waals surface area contributed by atoms with Gasteiger partial charge in [0, 0.05) is 6.42 Å². The zero-order chi connectivity index (χ0) is 24.2. The Bertz CT molecular complexity index is 419. The normalized spacial score (nSPS) is 12.5. The molecule has 0 aliphatic heterocycles. The molecule has 0 bridgehead atoms. The minimum absolute atomic E-state index is 0.00388. The molecule has 0 saturated heterocycles. The van der Waals surface area contributed by atoms with E-state index in [1.165, 1.54) is 89.9 Å². The molecule has 3 nitrogen and oxygen atoms in total. The molecule has 33 heavy (non-hydrogen) atoms. The van der Waals surface area contributed by atoms with Crippen LogP contribution in [0.1, 0.15) is 162 Å². The van der Waals surface area contributed by atoms with E-state index in [2.05, 4.69) is 26.0 Å². The van der Waals surface area contributed by atoms with Crippen molar-refractivity contribution >= 4 is 5.97 Å². The summed E-state index contributed by atoms with van der Waals surface area (Å²) in [6.07, 6.45) is 31.3. The number of ether oxygens (including phenoxy) is 1. The first-order chi connectivity index (χ1) is 16.2. The number of rotatable bonds is 26. The summed E-state index contributed by atoms with van der Waals surface area (Å²) >= 11 is 0. The number of hydrogen-bond donors (Lipinski definition) is 1. The second-order valence-corrected chi connectivity index (χ2v) is 9.92. The van der Waals surface area contributed by atoms with Crippen LogP contribution < -0.4 is 0 Å². The Morgan fingerprint density at radius 2 is 1.18 bits per heavy atom. The maximum Gasteiger partial charge on any atom is 0.305 e. The molecular weight excluding hydrogens is 408 g/mol. The van der Waals surface area contributed by atoms with Crippen LogP contribution in [-0.4, -0.2) is 23.8 Å². The van der Waals surface area contributed by atoms with Crippen LogP contribution in [0, 0.1) is 0 Å². The fourth-order valence-electron chi connectivity index (χ4n) is 4.21. The minimum Gasteiger partial charge on any atom is -0.466 e. The van der Waals surface area contributed by atoms with Gasteiger partial charge in [-0.05, 0) is 38.5 Å². The Morgan fingerprint density at radius 3 is 1.82 bits per heavy atom. The average Bonchev–Trinajstić information content (AvgIpc) is 2.81. The van der Waals surface area contributed by atoms with Crippen molar-refractivity contribution in [2.75, 3.05) is 6.61 Å². The highest BCUT2D eigenvalue weighted by molar-refractivity contribution is 5.69. The predicted molar refractivity (Wildman–Crippen MR) is 144 cm³/mol. The van der Waals surface area contributed by atoms with E-state index in [-0.39, 0.29) is 12.1 Å². The quantitative estimate of drug-likeness (QED) is 0.0784. The van der Waals surface area contributed by atoms with E-state index < -0.39 is 0 Å². The van der Waals surface area contributed by atoms with Crippen molar-refractivity contribution in [1.82, 2.24) is 0 Å². The molecule has 0 saturated carbocycles. The molecule has 3 heteroatoms. The third kappa shape index (κ3) is 27.3. The number of unbranched alkanes of at least 4 members (excludes halogenated alkanes) is 17. The van der Waals surface area contributed by atoms with Gasteiger partial charge < -0.3 is 9.84 Å². The first-order valence-corrected chi connectivity index (χ1v) is 14.7. The lowest BCUT2D eigenvalue weighted by molar-refractivity contribution is -0.143. The monoisotopic (exact) mass is 466 g/mol. The van der Waals surface area contributed by atoms with Gasteiger partial charge in [0.25, 0.3) is 0 Å². The standard InChI is InChI=1S/C30H58O3/c1-3-5-7-9-10-12-16-19-23-27-30(32)33-28-24-20-17-14-11-13-15-18-22-26-29(31)25-21-8-6-4-2/h18,22,29,31H,3-17,19-21,23-28H2,1-2H3/b22-18-/t29-/m1/s1. The molecule has 196 valence electrons. The van der Waals surface area contributed by atoms with Gasteiger partial charge in [0.05, 0.1) is 12.7 Å². The molecule has 1 N–H and O–H groups in total. The van der Waals surface area contributed by atoms with Gasteiger partial charge in [-0.2, -0.15) is 0 Å². The SMILES string of the molecule is CCCCCCCCCCCC(=O)OCCCCCCCC/C=C\C[C@H](O)CCCCCC. The van der Waals surface area contributed by atoms with Crippen molar-refractivity contribution in [1.29, 1.82) is 0 Å². The van der Waals surface area contributed by atoms with Crippen LogP contribution in [0.2, 0.25) is 0 Å². The molecule has 1 atom stereocenters. The summed E-state index contributed by atoms with van der Waals surface area (Å²) in [7, 11) is 0. The third-order valence-electron chi connectivity index (χ3n) is 6.48. The zero-order valence-corrected chi connectivity index (χ0v) is 22.5. The molecule has 0 aliphatic carbocycles. The van der Waals surface area contributed by atoms with Crippen LogP contribution >= 0.6 is 0 Å². The van der Waals surface area contributed by atoms with Gasteiger partial charge in [0.1, 0.15) is 0 Å². The van der Waals surface area contributed by atoms with E-state index >= 15 is 0 Å². The lowest BCUT2D eigenvalue weighted by Crippen LogP contribution is -2.05. The molecule has 0 aliphatic rings. The fraction of sp³-hybridized carbons (Fsp3) is 0.900. The molecule has 0 spiro atoms. The summed E-state index contributed by atoms with van der Waals surface area (Å²) in [5, 5.41) is 9.95. The van der Waals surface area contributed by atoms with E-state index in [1.54, 1.807) is 0 Å².